The Kier molecular flexibility index (Phi) is 7.30. The highest BCUT2D eigenvalue weighted by Crippen LogP contribution is 2.30. The van der Waals surface area contributed by atoms with Crippen molar-refractivity contribution in [1.82, 2.24) is 20.2 Å². The van der Waals surface area contributed by atoms with Crippen molar-refractivity contribution in [1.29, 1.82) is 0 Å². The van der Waals surface area contributed by atoms with Crippen LogP contribution in [0, 0.1) is 11.7 Å². The molecule has 2 aromatic carbocycles. The number of nitrogens with one attached hydrogen (secondary N) is 3. The monoisotopic (exact) mass is 477 g/mol. The number of halogens is 1. The summed E-state index contributed by atoms with van der Waals surface area (Å²) >= 11 is 0. The molecule has 1 aliphatic carbocycles. The first-order valence-electron chi connectivity index (χ1n) is 11.2. The van der Waals surface area contributed by atoms with E-state index in [9.17, 15) is 23.6 Å². The summed E-state index contributed by atoms with van der Waals surface area (Å²) in [5.41, 5.74) is 1.63. The van der Waals surface area contributed by atoms with Crippen LogP contribution < -0.4 is 21.5 Å². The van der Waals surface area contributed by atoms with E-state index >= 15 is 0 Å². The van der Waals surface area contributed by atoms with E-state index in [2.05, 4.69) is 20.9 Å². The molecule has 3 amide bonds. The molecule has 9 nitrogen and oxygen atoms in total. The molecular weight excluding hydrogens is 453 g/mol. The first kappa shape index (κ1) is 23.8. The van der Waals surface area contributed by atoms with Gasteiger partial charge < -0.3 is 16.0 Å². The molecule has 4 rings (SSSR count). The van der Waals surface area contributed by atoms with Gasteiger partial charge in [0.1, 0.15) is 12.4 Å². The molecule has 1 saturated carbocycles. The predicted molar refractivity (Wildman–Crippen MR) is 127 cm³/mol. The number of carbonyl (C=O) groups is 3. The van der Waals surface area contributed by atoms with Crippen LogP contribution in [0.5, 0.6) is 0 Å². The fourth-order valence-electron chi connectivity index (χ4n) is 3.31. The highest BCUT2D eigenvalue weighted by atomic mass is 19.1. The topological polar surface area (TPSA) is 122 Å². The number of amides is 3. The van der Waals surface area contributed by atoms with Crippen molar-refractivity contribution in [3.8, 4) is 11.3 Å². The van der Waals surface area contributed by atoms with Gasteiger partial charge in [-0.2, -0.15) is 0 Å². The van der Waals surface area contributed by atoms with Crippen LogP contribution >= 0.6 is 0 Å². The lowest BCUT2D eigenvalue weighted by atomic mass is 10.1. The molecule has 180 valence electrons. The molecule has 0 saturated heterocycles. The number of carbonyl (C=O) groups excluding carboxylic acids is 3. The molecule has 0 radical (unpaired) electrons. The zero-order valence-electron chi connectivity index (χ0n) is 18.8. The van der Waals surface area contributed by atoms with E-state index in [4.69, 9.17) is 0 Å². The van der Waals surface area contributed by atoms with E-state index in [1.54, 1.807) is 24.3 Å². The number of rotatable bonds is 9. The molecule has 35 heavy (non-hydrogen) atoms. The highest BCUT2D eigenvalue weighted by molar-refractivity contribution is 5.96. The summed E-state index contributed by atoms with van der Waals surface area (Å²) in [6, 6.07) is 13.4. The molecule has 3 aromatic rings. The second-order valence-corrected chi connectivity index (χ2v) is 8.19. The maximum atomic E-state index is 13.1. The van der Waals surface area contributed by atoms with Gasteiger partial charge in [0.15, 0.2) is 0 Å². The zero-order valence-corrected chi connectivity index (χ0v) is 18.8. The summed E-state index contributed by atoms with van der Waals surface area (Å²) in [5, 5.41) is 8.15. The van der Waals surface area contributed by atoms with Gasteiger partial charge in [-0.25, -0.2) is 9.37 Å². The third kappa shape index (κ3) is 6.59. The molecule has 1 aliphatic rings. The van der Waals surface area contributed by atoms with E-state index in [0.717, 1.165) is 17.4 Å². The van der Waals surface area contributed by atoms with Gasteiger partial charge in [0.05, 0.1) is 12.0 Å². The quantitative estimate of drug-likeness (QED) is 0.407. The van der Waals surface area contributed by atoms with Gasteiger partial charge in [0, 0.05) is 41.9 Å². The number of benzene rings is 2. The zero-order chi connectivity index (χ0) is 24.8. The van der Waals surface area contributed by atoms with Crippen molar-refractivity contribution in [2.24, 2.45) is 5.92 Å². The van der Waals surface area contributed by atoms with E-state index in [-0.39, 0.29) is 43.2 Å². The second kappa shape index (κ2) is 10.7. The minimum Gasteiger partial charge on any atom is -0.353 e. The smallest absolute Gasteiger partial charge is 0.254 e. The van der Waals surface area contributed by atoms with Gasteiger partial charge in [0.25, 0.3) is 11.5 Å². The van der Waals surface area contributed by atoms with E-state index < -0.39 is 11.5 Å². The number of aromatic nitrogens is 2. The fraction of sp³-hybridized carbons (Fsp3) is 0.240. The Labute approximate surface area is 200 Å². The third-order valence-electron chi connectivity index (χ3n) is 5.43. The minimum atomic E-state index is -0.417. The normalized spacial score (nSPS) is 12.6. The average molecular weight is 477 g/mol. The molecule has 1 aromatic heterocycles. The van der Waals surface area contributed by atoms with Crippen LogP contribution in [0.25, 0.3) is 11.3 Å². The molecule has 0 spiro atoms. The molecular formula is C25H24FN5O4. The Morgan fingerprint density at radius 2 is 1.66 bits per heavy atom. The molecule has 1 heterocycles. The molecule has 3 N–H and O–H groups in total. The summed E-state index contributed by atoms with van der Waals surface area (Å²) in [7, 11) is 0. The Morgan fingerprint density at radius 3 is 2.31 bits per heavy atom. The van der Waals surface area contributed by atoms with E-state index in [1.165, 1.54) is 36.7 Å². The van der Waals surface area contributed by atoms with Crippen molar-refractivity contribution < 1.29 is 18.8 Å². The lowest BCUT2D eigenvalue weighted by Crippen LogP contribution is -2.37. The molecule has 0 atom stereocenters. The van der Waals surface area contributed by atoms with E-state index in [0.29, 0.717) is 22.5 Å². The van der Waals surface area contributed by atoms with Gasteiger partial charge in [0.2, 0.25) is 11.8 Å². The molecule has 0 aliphatic heterocycles. The minimum absolute atomic E-state index is 0.000177. The first-order valence-corrected chi connectivity index (χ1v) is 11.2. The summed E-state index contributed by atoms with van der Waals surface area (Å²) < 4.78 is 14.2. The van der Waals surface area contributed by atoms with Crippen LogP contribution in [0.1, 0.15) is 23.2 Å². The van der Waals surface area contributed by atoms with E-state index in [1.807, 2.05) is 0 Å². The number of hydrogen-bond acceptors (Lipinski definition) is 5. The molecule has 10 heteroatoms. The maximum absolute atomic E-state index is 13.1. The van der Waals surface area contributed by atoms with Crippen LogP contribution in [0.3, 0.4) is 0 Å². The van der Waals surface area contributed by atoms with Crippen molar-refractivity contribution in [2.45, 2.75) is 19.4 Å². The third-order valence-corrected chi connectivity index (χ3v) is 5.43. The van der Waals surface area contributed by atoms with Crippen LogP contribution in [0.2, 0.25) is 0 Å². The Morgan fingerprint density at radius 1 is 0.971 bits per heavy atom. The SMILES string of the molecule is O=C(Cn1cnc(-c2ccc(F)cc2)cc1=O)NCCNC(=O)c1ccc(NC(=O)C2CC2)cc1. The van der Waals surface area contributed by atoms with Gasteiger partial charge >= 0.3 is 0 Å². The van der Waals surface area contributed by atoms with Crippen molar-refractivity contribution in [2.75, 3.05) is 18.4 Å². The molecule has 0 bridgehead atoms. The lowest BCUT2D eigenvalue weighted by molar-refractivity contribution is -0.121. The Balaban J connectivity index is 1.20. The summed E-state index contributed by atoms with van der Waals surface area (Å²) in [6.07, 6.45) is 3.10. The highest BCUT2D eigenvalue weighted by Gasteiger charge is 2.29. The van der Waals surface area contributed by atoms with Crippen molar-refractivity contribution in [3.05, 3.63) is 82.7 Å². The maximum Gasteiger partial charge on any atom is 0.254 e. The summed E-state index contributed by atoms with van der Waals surface area (Å²) in [6.45, 7) is 0.148. The van der Waals surface area contributed by atoms with Crippen LogP contribution in [-0.2, 0) is 16.1 Å². The van der Waals surface area contributed by atoms with Crippen LogP contribution in [0.15, 0.2) is 65.7 Å². The summed E-state index contributed by atoms with van der Waals surface area (Å²) in [4.78, 5) is 52.7. The van der Waals surface area contributed by atoms with Gasteiger partial charge in [-0.15, -0.1) is 0 Å². The standard InChI is InChI=1S/C25H24FN5O4/c26-19-7-3-16(4-8-19)21-13-23(33)31(15-29-21)14-22(32)27-11-12-28-24(34)17-5-9-20(10-6-17)30-25(35)18-1-2-18/h3-10,13,15,18H,1-2,11-12,14H2,(H,27,32)(H,28,34)(H,30,35). The second-order valence-electron chi connectivity index (χ2n) is 8.19. The Bertz CT molecular complexity index is 1280. The van der Waals surface area contributed by atoms with Gasteiger partial charge in [-0.3, -0.25) is 23.7 Å². The predicted octanol–water partition coefficient (Wildman–Crippen LogP) is 1.94. The van der Waals surface area contributed by atoms with Gasteiger partial charge in [-0.05, 0) is 61.4 Å². The van der Waals surface area contributed by atoms with Crippen molar-refractivity contribution in [3.63, 3.8) is 0 Å². The Hall–Kier alpha value is -4.34. The first-order chi connectivity index (χ1) is 16.9. The van der Waals surface area contributed by atoms with Gasteiger partial charge in [-0.1, -0.05) is 0 Å². The van der Waals surface area contributed by atoms with Crippen LogP contribution in [-0.4, -0.2) is 40.4 Å². The summed E-state index contributed by atoms with van der Waals surface area (Å²) in [5.74, 6) is -1.00. The number of nitrogens with zero attached hydrogens (tertiary/aromatic N) is 2. The lowest BCUT2D eigenvalue weighted by Gasteiger charge is -2.09. The molecule has 1 fully saturated rings. The average Bonchev–Trinajstić information content (AvgIpc) is 3.70. The number of anilines is 1. The molecule has 0 unspecified atom stereocenters. The fourth-order valence-corrected chi connectivity index (χ4v) is 3.31. The largest absolute Gasteiger partial charge is 0.353 e. The number of hydrogen-bond donors (Lipinski definition) is 3. The van der Waals surface area contributed by atoms with Crippen LogP contribution in [0.4, 0.5) is 10.1 Å². The van der Waals surface area contributed by atoms with Crippen molar-refractivity contribution >= 4 is 23.4 Å².